The van der Waals surface area contributed by atoms with Gasteiger partial charge in [-0.15, -0.1) is 11.8 Å². The van der Waals surface area contributed by atoms with Crippen LogP contribution < -0.4 is 4.74 Å². The first-order chi connectivity index (χ1) is 13.6. The van der Waals surface area contributed by atoms with Gasteiger partial charge in [0.15, 0.2) is 0 Å². The molecule has 2 heterocycles. The number of pyridine rings is 1. The Morgan fingerprint density at radius 2 is 1.79 bits per heavy atom. The fraction of sp³-hybridized carbons (Fsp3) is 0.450. The Labute approximate surface area is 171 Å². The molecule has 0 aliphatic carbocycles. The van der Waals surface area contributed by atoms with Crippen LogP contribution >= 0.6 is 11.8 Å². The van der Waals surface area contributed by atoms with E-state index in [9.17, 15) is 13.5 Å². The standard InChI is InChI=1S/C20H26N2O4S2/c23-17(15-26-18-8-4-3-5-9-18)16-27-20-11-10-19(14-21-20)28(24,25)22-12-6-1-2-7-13-22/h3-5,8-11,14,17,23H,1-2,6-7,12-13,15-16H2/t17-/m1/s1. The molecule has 2 aromatic rings. The minimum atomic E-state index is -3.48. The van der Waals surface area contributed by atoms with Gasteiger partial charge in [0.05, 0.1) is 11.1 Å². The van der Waals surface area contributed by atoms with E-state index in [-0.39, 0.29) is 11.5 Å². The average Bonchev–Trinajstić information content (AvgIpc) is 3.02. The second kappa shape index (κ2) is 10.2. The minimum Gasteiger partial charge on any atom is -0.491 e. The molecule has 1 atom stereocenters. The molecule has 1 aromatic carbocycles. The van der Waals surface area contributed by atoms with E-state index in [0.29, 0.717) is 29.6 Å². The SMILES string of the molecule is O=S(=O)(c1ccc(SC[C@H](O)COc2ccccc2)nc1)N1CCCCCC1. The molecule has 0 radical (unpaired) electrons. The number of thioether (sulfide) groups is 1. The van der Waals surface area contributed by atoms with E-state index in [2.05, 4.69) is 4.98 Å². The Morgan fingerprint density at radius 1 is 1.07 bits per heavy atom. The Kier molecular flexibility index (Phi) is 7.73. The average molecular weight is 423 g/mol. The van der Waals surface area contributed by atoms with Crippen molar-refractivity contribution < 1.29 is 18.3 Å². The van der Waals surface area contributed by atoms with Crippen LogP contribution in [-0.4, -0.2) is 54.4 Å². The second-order valence-electron chi connectivity index (χ2n) is 6.74. The molecule has 152 valence electrons. The van der Waals surface area contributed by atoms with Gasteiger partial charge in [0.25, 0.3) is 0 Å². The number of para-hydroxylation sites is 1. The quantitative estimate of drug-likeness (QED) is 0.658. The summed E-state index contributed by atoms with van der Waals surface area (Å²) in [6.07, 6.45) is 4.74. The van der Waals surface area contributed by atoms with Crippen molar-refractivity contribution in [2.45, 2.75) is 41.7 Å². The highest BCUT2D eigenvalue weighted by molar-refractivity contribution is 7.99. The third kappa shape index (κ3) is 5.94. The van der Waals surface area contributed by atoms with Crippen molar-refractivity contribution in [1.29, 1.82) is 0 Å². The van der Waals surface area contributed by atoms with Crippen molar-refractivity contribution in [3.63, 3.8) is 0 Å². The number of ether oxygens (including phenoxy) is 1. The van der Waals surface area contributed by atoms with Crippen LogP contribution in [0.5, 0.6) is 5.75 Å². The van der Waals surface area contributed by atoms with Crippen molar-refractivity contribution in [1.82, 2.24) is 9.29 Å². The van der Waals surface area contributed by atoms with Crippen molar-refractivity contribution >= 4 is 21.8 Å². The molecule has 1 fully saturated rings. The van der Waals surface area contributed by atoms with Crippen LogP contribution in [0.1, 0.15) is 25.7 Å². The van der Waals surface area contributed by atoms with Crippen LogP contribution in [0, 0.1) is 0 Å². The van der Waals surface area contributed by atoms with Crippen LogP contribution in [0.2, 0.25) is 0 Å². The first-order valence-electron chi connectivity index (χ1n) is 9.50. The van der Waals surface area contributed by atoms with Gasteiger partial charge >= 0.3 is 0 Å². The smallest absolute Gasteiger partial charge is 0.244 e. The number of aliphatic hydroxyl groups excluding tert-OH is 1. The van der Waals surface area contributed by atoms with Crippen LogP contribution in [0.3, 0.4) is 0 Å². The molecule has 1 aliphatic heterocycles. The van der Waals surface area contributed by atoms with Crippen LogP contribution in [-0.2, 0) is 10.0 Å². The molecule has 3 rings (SSSR count). The largest absolute Gasteiger partial charge is 0.491 e. The number of aromatic nitrogens is 1. The number of aliphatic hydroxyl groups is 1. The van der Waals surface area contributed by atoms with Gasteiger partial charge in [-0.3, -0.25) is 0 Å². The normalized spacial score (nSPS) is 17.0. The van der Waals surface area contributed by atoms with Gasteiger partial charge in [-0.25, -0.2) is 13.4 Å². The van der Waals surface area contributed by atoms with E-state index in [0.717, 1.165) is 25.7 Å². The van der Waals surface area contributed by atoms with E-state index in [1.54, 1.807) is 16.4 Å². The maximum atomic E-state index is 12.8. The summed E-state index contributed by atoms with van der Waals surface area (Å²) in [5, 5.41) is 10.8. The van der Waals surface area contributed by atoms with Crippen molar-refractivity contribution in [2.24, 2.45) is 0 Å². The molecular weight excluding hydrogens is 396 g/mol. The molecule has 0 bridgehead atoms. The summed E-state index contributed by atoms with van der Waals surface area (Å²) < 4.78 is 32.6. The molecule has 1 aromatic heterocycles. The Hall–Kier alpha value is -1.61. The second-order valence-corrected chi connectivity index (χ2v) is 9.72. The zero-order chi connectivity index (χ0) is 19.8. The molecule has 0 unspecified atom stereocenters. The van der Waals surface area contributed by atoms with Gasteiger partial charge in [0.2, 0.25) is 10.0 Å². The van der Waals surface area contributed by atoms with Crippen LogP contribution in [0.15, 0.2) is 58.6 Å². The summed E-state index contributed by atoms with van der Waals surface area (Å²) in [6, 6.07) is 12.6. The number of benzene rings is 1. The zero-order valence-corrected chi connectivity index (χ0v) is 17.4. The highest BCUT2D eigenvalue weighted by Gasteiger charge is 2.25. The maximum Gasteiger partial charge on any atom is 0.244 e. The third-order valence-corrected chi connectivity index (χ3v) is 7.49. The first-order valence-corrected chi connectivity index (χ1v) is 11.9. The molecular formula is C20H26N2O4S2. The molecule has 0 spiro atoms. The Balaban J connectivity index is 1.51. The Bertz CT molecular complexity index is 821. The lowest BCUT2D eigenvalue weighted by molar-refractivity contribution is 0.126. The van der Waals surface area contributed by atoms with Gasteiger partial charge in [0, 0.05) is 25.0 Å². The van der Waals surface area contributed by atoms with Crippen molar-refractivity contribution in [3.8, 4) is 5.75 Å². The molecule has 6 nitrogen and oxygen atoms in total. The monoisotopic (exact) mass is 422 g/mol. The Morgan fingerprint density at radius 3 is 2.43 bits per heavy atom. The molecule has 0 amide bonds. The van der Waals surface area contributed by atoms with Crippen LogP contribution in [0.4, 0.5) is 0 Å². The molecule has 1 aliphatic rings. The summed E-state index contributed by atoms with van der Waals surface area (Å²) in [7, 11) is -3.48. The van der Waals surface area contributed by atoms with Crippen LogP contribution in [0.25, 0.3) is 0 Å². The van der Waals surface area contributed by atoms with Crippen molar-refractivity contribution in [2.75, 3.05) is 25.4 Å². The number of hydrogen-bond acceptors (Lipinski definition) is 6. The number of hydrogen-bond donors (Lipinski definition) is 1. The van der Waals surface area contributed by atoms with E-state index in [1.807, 2.05) is 30.3 Å². The fourth-order valence-corrected chi connectivity index (χ4v) is 5.19. The van der Waals surface area contributed by atoms with E-state index >= 15 is 0 Å². The first kappa shape index (κ1) is 21.1. The highest BCUT2D eigenvalue weighted by Crippen LogP contribution is 2.22. The summed E-state index contributed by atoms with van der Waals surface area (Å²) >= 11 is 1.37. The van der Waals surface area contributed by atoms with Gasteiger partial charge in [-0.1, -0.05) is 31.0 Å². The third-order valence-electron chi connectivity index (χ3n) is 4.52. The summed E-state index contributed by atoms with van der Waals surface area (Å²) in [5.74, 6) is 1.13. The van der Waals surface area contributed by atoms with Crippen molar-refractivity contribution in [3.05, 3.63) is 48.7 Å². The van der Waals surface area contributed by atoms with E-state index < -0.39 is 16.1 Å². The fourth-order valence-electron chi connectivity index (χ4n) is 2.97. The summed E-state index contributed by atoms with van der Waals surface area (Å²) in [5.41, 5.74) is 0. The number of rotatable bonds is 8. The van der Waals surface area contributed by atoms with E-state index in [1.165, 1.54) is 18.0 Å². The lowest BCUT2D eigenvalue weighted by atomic mass is 10.2. The summed E-state index contributed by atoms with van der Waals surface area (Å²) in [6.45, 7) is 1.34. The van der Waals surface area contributed by atoms with E-state index in [4.69, 9.17) is 4.74 Å². The van der Waals surface area contributed by atoms with Gasteiger partial charge in [-0.2, -0.15) is 4.31 Å². The van der Waals surface area contributed by atoms with Gasteiger partial charge in [0.1, 0.15) is 17.3 Å². The maximum absolute atomic E-state index is 12.8. The molecule has 8 heteroatoms. The molecule has 1 saturated heterocycles. The molecule has 0 saturated carbocycles. The highest BCUT2D eigenvalue weighted by atomic mass is 32.2. The zero-order valence-electron chi connectivity index (χ0n) is 15.7. The molecule has 28 heavy (non-hydrogen) atoms. The topological polar surface area (TPSA) is 79.7 Å². The minimum absolute atomic E-state index is 0.193. The lowest BCUT2D eigenvalue weighted by Gasteiger charge is -2.19. The number of nitrogens with zero attached hydrogens (tertiary/aromatic N) is 2. The predicted molar refractivity (Wildman–Crippen MR) is 110 cm³/mol. The van der Waals surface area contributed by atoms with Gasteiger partial charge < -0.3 is 9.84 Å². The predicted octanol–water partition coefficient (Wildman–Crippen LogP) is 3.18. The summed E-state index contributed by atoms with van der Waals surface area (Å²) in [4.78, 5) is 4.49. The lowest BCUT2D eigenvalue weighted by Crippen LogP contribution is -2.32. The van der Waals surface area contributed by atoms with Gasteiger partial charge in [-0.05, 0) is 37.1 Å². The molecule has 1 N–H and O–H groups in total. The number of sulfonamides is 1.